The second-order valence-corrected chi connectivity index (χ2v) is 1.95. The van der Waals surface area contributed by atoms with E-state index in [9.17, 15) is 13.2 Å². The minimum absolute atomic E-state index is 0.727. The monoisotopic (exact) mass is 151 g/mol. The second kappa shape index (κ2) is 2.16. The quantitative estimate of drug-likeness (QED) is 0.556. The lowest BCUT2D eigenvalue weighted by Crippen LogP contribution is -2.31. The second-order valence-electron chi connectivity index (χ2n) is 1.95. The molecule has 5 heteroatoms. The van der Waals surface area contributed by atoms with Crippen LogP contribution in [0.5, 0.6) is 0 Å². The van der Waals surface area contributed by atoms with Gasteiger partial charge in [-0.25, -0.2) is 5.01 Å². The molecular weight excluding hydrogens is 145 g/mol. The first-order valence-electron chi connectivity index (χ1n) is 2.62. The van der Waals surface area contributed by atoms with E-state index in [-0.39, 0.29) is 0 Å². The zero-order valence-electron chi connectivity index (χ0n) is 5.24. The molecule has 1 heterocycles. The molecule has 0 amide bonds. The fourth-order valence-electron chi connectivity index (χ4n) is 0.609. The van der Waals surface area contributed by atoms with Crippen LogP contribution in [0, 0.1) is 6.54 Å². The van der Waals surface area contributed by atoms with Crippen LogP contribution in [0.3, 0.4) is 0 Å². The van der Waals surface area contributed by atoms with E-state index in [1.807, 2.05) is 0 Å². The van der Waals surface area contributed by atoms with Crippen LogP contribution in [0.4, 0.5) is 13.2 Å². The van der Waals surface area contributed by atoms with E-state index in [1.54, 1.807) is 0 Å². The van der Waals surface area contributed by atoms with Crippen LogP contribution in [0.25, 0.3) is 0 Å². The van der Waals surface area contributed by atoms with E-state index in [4.69, 9.17) is 0 Å². The number of alkyl halides is 3. The van der Waals surface area contributed by atoms with Crippen molar-refractivity contribution in [1.82, 2.24) is 10.4 Å². The minimum Gasteiger partial charge on any atom is -0.315 e. The number of halogens is 3. The van der Waals surface area contributed by atoms with E-state index >= 15 is 0 Å². The maximum absolute atomic E-state index is 11.8. The van der Waals surface area contributed by atoms with Crippen molar-refractivity contribution in [2.24, 2.45) is 0 Å². The van der Waals surface area contributed by atoms with Gasteiger partial charge in [0.2, 0.25) is 0 Å². The van der Waals surface area contributed by atoms with Gasteiger partial charge in [-0.15, -0.1) is 0 Å². The molecule has 1 aliphatic heterocycles. The molecule has 1 aliphatic rings. The Morgan fingerprint density at radius 2 is 2.10 bits per heavy atom. The highest BCUT2D eigenvalue weighted by molar-refractivity contribution is 5.15. The molecule has 10 heavy (non-hydrogen) atoms. The van der Waals surface area contributed by atoms with E-state index in [1.165, 1.54) is 18.6 Å². The molecule has 0 aromatic carbocycles. The lowest BCUT2D eigenvalue weighted by atomic mass is 10.4. The van der Waals surface area contributed by atoms with Crippen LogP contribution in [0.1, 0.15) is 0 Å². The highest BCUT2D eigenvalue weighted by Gasteiger charge is 2.36. The number of hydrogen-bond donors (Lipinski definition) is 1. The SMILES string of the molecule is CN1[CH]C=C(C(F)(F)F)N1. The summed E-state index contributed by atoms with van der Waals surface area (Å²) in [4.78, 5) is 0. The third-order valence-corrected chi connectivity index (χ3v) is 1.07. The number of nitrogens with zero attached hydrogens (tertiary/aromatic N) is 1. The standard InChI is InChI=1S/C5H6F3N2/c1-10-3-2-4(9-10)5(6,7)8/h2-3,9H,1H3. The maximum Gasteiger partial charge on any atom is 0.431 e. The molecule has 0 aliphatic carbocycles. The zero-order chi connectivity index (χ0) is 7.78. The Morgan fingerprint density at radius 3 is 2.30 bits per heavy atom. The summed E-state index contributed by atoms with van der Waals surface area (Å²) in [5.41, 5.74) is 1.38. The smallest absolute Gasteiger partial charge is 0.315 e. The summed E-state index contributed by atoms with van der Waals surface area (Å²) in [6.45, 7) is 1.31. The number of hydrogen-bond acceptors (Lipinski definition) is 2. The Labute approximate surface area is 56.3 Å². The Balaban J connectivity index is 2.60. The van der Waals surface area contributed by atoms with Crippen LogP contribution < -0.4 is 5.43 Å². The highest BCUT2D eigenvalue weighted by Crippen LogP contribution is 2.26. The van der Waals surface area contributed by atoms with Crippen LogP contribution in [-0.2, 0) is 0 Å². The largest absolute Gasteiger partial charge is 0.431 e. The van der Waals surface area contributed by atoms with Crippen molar-refractivity contribution < 1.29 is 13.2 Å². The molecule has 0 spiro atoms. The van der Waals surface area contributed by atoms with Crippen molar-refractivity contribution in [1.29, 1.82) is 0 Å². The number of nitrogens with one attached hydrogen (secondary N) is 1. The molecule has 0 saturated heterocycles. The average molecular weight is 151 g/mol. The maximum atomic E-state index is 11.8. The summed E-state index contributed by atoms with van der Waals surface area (Å²) < 4.78 is 35.3. The van der Waals surface area contributed by atoms with Crippen molar-refractivity contribution in [2.45, 2.75) is 6.18 Å². The zero-order valence-corrected chi connectivity index (χ0v) is 5.24. The Kier molecular flexibility index (Phi) is 1.60. The Hall–Kier alpha value is -0.710. The van der Waals surface area contributed by atoms with E-state index < -0.39 is 11.9 Å². The summed E-state index contributed by atoms with van der Waals surface area (Å²) in [5.74, 6) is 0. The Bertz CT molecular complexity index is 161. The predicted octanol–water partition coefficient (Wildman–Crippen LogP) is 1.04. The number of rotatable bonds is 0. The predicted molar refractivity (Wildman–Crippen MR) is 29.3 cm³/mol. The van der Waals surface area contributed by atoms with Gasteiger partial charge in [0.25, 0.3) is 0 Å². The molecule has 0 unspecified atom stereocenters. The topological polar surface area (TPSA) is 15.3 Å². The summed E-state index contributed by atoms with van der Waals surface area (Å²) in [5, 5.41) is 1.24. The first kappa shape index (κ1) is 7.40. The fourth-order valence-corrected chi connectivity index (χ4v) is 0.609. The molecule has 2 nitrogen and oxygen atoms in total. The van der Waals surface area contributed by atoms with Gasteiger partial charge in [0, 0.05) is 7.05 Å². The van der Waals surface area contributed by atoms with Crippen molar-refractivity contribution in [3.8, 4) is 0 Å². The van der Waals surface area contributed by atoms with E-state index in [2.05, 4.69) is 5.43 Å². The van der Waals surface area contributed by atoms with Gasteiger partial charge in [0.1, 0.15) is 5.70 Å². The lowest BCUT2D eigenvalue weighted by Gasteiger charge is -2.12. The Morgan fingerprint density at radius 1 is 1.50 bits per heavy atom. The molecule has 0 aromatic heterocycles. The normalized spacial score (nSPS) is 20.6. The highest BCUT2D eigenvalue weighted by atomic mass is 19.4. The third-order valence-electron chi connectivity index (χ3n) is 1.07. The number of allylic oxidation sites excluding steroid dienone is 1. The van der Waals surface area contributed by atoms with E-state index in [0.717, 1.165) is 6.08 Å². The van der Waals surface area contributed by atoms with Crippen molar-refractivity contribution >= 4 is 0 Å². The molecular formula is C5H6F3N2. The first-order chi connectivity index (χ1) is 4.50. The summed E-state index contributed by atoms with van der Waals surface area (Å²) in [6, 6.07) is 0. The van der Waals surface area contributed by atoms with Crippen LogP contribution in [0.15, 0.2) is 11.8 Å². The number of likely N-dealkylation sites (N-methyl/N-ethyl adjacent to an activating group) is 1. The molecule has 0 saturated carbocycles. The lowest BCUT2D eigenvalue weighted by molar-refractivity contribution is -0.0994. The molecule has 0 aromatic rings. The summed E-state index contributed by atoms with van der Waals surface area (Å²) >= 11 is 0. The molecule has 0 fully saturated rings. The van der Waals surface area contributed by atoms with Crippen LogP contribution in [0.2, 0.25) is 0 Å². The third kappa shape index (κ3) is 1.41. The fraction of sp³-hybridized carbons (Fsp3) is 0.400. The van der Waals surface area contributed by atoms with Gasteiger partial charge < -0.3 is 5.43 Å². The molecule has 0 atom stereocenters. The summed E-state index contributed by atoms with van der Waals surface area (Å²) in [7, 11) is 1.50. The van der Waals surface area contributed by atoms with Gasteiger partial charge in [-0.05, 0) is 6.08 Å². The van der Waals surface area contributed by atoms with Gasteiger partial charge >= 0.3 is 6.18 Å². The van der Waals surface area contributed by atoms with Crippen LogP contribution in [-0.4, -0.2) is 18.2 Å². The minimum atomic E-state index is -4.26. The molecule has 1 N–H and O–H groups in total. The first-order valence-corrected chi connectivity index (χ1v) is 2.62. The molecule has 0 bridgehead atoms. The van der Waals surface area contributed by atoms with Gasteiger partial charge in [-0.1, -0.05) is 0 Å². The van der Waals surface area contributed by atoms with Crippen LogP contribution >= 0.6 is 0 Å². The molecule has 1 rings (SSSR count). The average Bonchev–Trinajstić information content (AvgIpc) is 2.11. The van der Waals surface area contributed by atoms with Crippen molar-refractivity contribution in [3.05, 3.63) is 18.3 Å². The van der Waals surface area contributed by atoms with Gasteiger partial charge in [0.15, 0.2) is 0 Å². The molecule has 1 radical (unpaired) electrons. The van der Waals surface area contributed by atoms with Gasteiger partial charge in [-0.3, -0.25) is 0 Å². The number of hydrazine groups is 1. The van der Waals surface area contributed by atoms with Gasteiger partial charge in [0.05, 0.1) is 6.54 Å². The van der Waals surface area contributed by atoms with Crippen molar-refractivity contribution in [3.63, 3.8) is 0 Å². The molecule has 57 valence electrons. The van der Waals surface area contributed by atoms with E-state index in [0.29, 0.717) is 0 Å². The van der Waals surface area contributed by atoms with Gasteiger partial charge in [-0.2, -0.15) is 13.2 Å². The van der Waals surface area contributed by atoms with Crippen molar-refractivity contribution in [2.75, 3.05) is 7.05 Å². The summed E-state index contributed by atoms with van der Waals surface area (Å²) in [6.07, 6.45) is -3.28.